The number of hydrogen-bond acceptors (Lipinski definition) is 4. The van der Waals surface area contributed by atoms with Crippen LogP contribution in [-0.4, -0.2) is 45.6 Å². The van der Waals surface area contributed by atoms with Crippen molar-refractivity contribution in [2.45, 2.75) is 19.9 Å². The van der Waals surface area contributed by atoms with Crippen molar-refractivity contribution in [1.29, 1.82) is 0 Å². The van der Waals surface area contributed by atoms with Gasteiger partial charge in [0.15, 0.2) is 0 Å². The second-order valence-corrected chi connectivity index (χ2v) is 6.98. The summed E-state index contributed by atoms with van der Waals surface area (Å²) in [6, 6.07) is 10.7. The molecule has 0 radical (unpaired) electrons. The van der Waals surface area contributed by atoms with Crippen LogP contribution in [0.5, 0.6) is 0 Å². The van der Waals surface area contributed by atoms with Crippen LogP contribution in [0.1, 0.15) is 23.0 Å². The molecule has 1 aliphatic rings. The maximum Gasteiger partial charge on any atom is 0.238 e. The van der Waals surface area contributed by atoms with Gasteiger partial charge in [-0.05, 0) is 19.4 Å². The van der Waals surface area contributed by atoms with Crippen molar-refractivity contribution in [3.8, 4) is 0 Å². The number of anilines is 1. The molecule has 122 valence electrons. The largest absolute Gasteiger partial charge is 0.322 e. The number of rotatable bonds is 4. The van der Waals surface area contributed by atoms with Gasteiger partial charge in [-0.15, -0.1) is 0 Å². The standard InChI is InChI=1S/C17H22N4OS/c1-12-17(13(2)20-19-12)18-16(22)10-21-8-9-23-11-15(21)14-6-4-3-5-7-14/h3-7,15H,8-11H2,1-2H3,(H,18,22)(H,19,20). The quantitative estimate of drug-likeness (QED) is 0.905. The molecule has 5 nitrogen and oxygen atoms in total. The molecule has 2 aromatic rings. The van der Waals surface area contributed by atoms with E-state index in [-0.39, 0.29) is 5.91 Å². The molecule has 0 aliphatic carbocycles. The van der Waals surface area contributed by atoms with Gasteiger partial charge in [-0.1, -0.05) is 30.3 Å². The fraction of sp³-hybridized carbons (Fsp3) is 0.412. The lowest BCUT2D eigenvalue weighted by molar-refractivity contribution is -0.117. The molecule has 0 saturated carbocycles. The van der Waals surface area contributed by atoms with E-state index in [1.165, 1.54) is 5.56 Å². The van der Waals surface area contributed by atoms with E-state index in [1.807, 2.05) is 31.7 Å². The lowest BCUT2D eigenvalue weighted by Gasteiger charge is -2.35. The van der Waals surface area contributed by atoms with Gasteiger partial charge >= 0.3 is 0 Å². The number of aromatic amines is 1. The molecular formula is C17H22N4OS. The highest BCUT2D eigenvalue weighted by atomic mass is 32.2. The van der Waals surface area contributed by atoms with Crippen molar-refractivity contribution in [3.05, 3.63) is 47.3 Å². The molecule has 1 unspecified atom stereocenters. The zero-order valence-corrected chi connectivity index (χ0v) is 14.3. The Balaban J connectivity index is 1.68. The lowest BCUT2D eigenvalue weighted by Crippen LogP contribution is -2.41. The average Bonchev–Trinajstić information content (AvgIpc) is 2.88. The number of aryl methyl sites for hydroxylation is 2. The van der Waals surface area contributed by atoms with Crippen molar-refractivity contribution >= 4 is 23.4 Å². The molecule has 1 atom stereocenters. The summed E-state index contributed by atoms with van der Waals surface area (Å²) in [7, 11) is 0. The number of H-pyrrole nitrogens is 1. The molecule has 1 saturated heterocycles. The van der Waals surface area contributed by atoms with Gasteiger partial charge in [0.2, 0.25) is 5.91 Å². The van der Waals surface area contributed by atoms with E-state index in [2.05, 4.69) is 44.7 Å². The number of nitrogens with one attached hydrogen (secondary N) is 2. The van der Waals surface area contributed by atoms with Crippen molar-refractivity contribution in [2.24, 2.45) is 0 Å². The zero-order chi connectivity index (χ0) is 16.2. The van der Waals surface area contributed by atoms with E-state index in [4.69, 9.17) is 0 Å². The molecule has 3 rings (SSSR count). The molecule has 1 fully saturated rings. The molecule has 0 spiro atoms. The first-order chi connectivity index (χ1) is 11.1. The predicted molar refractivity (Wildman–Crippen MR) is 94.8 cm³/mol. The number of carbonyl (C=O) groups excluding carboxylic acids is 1. The summed E-state index contributed by atoms with van der Waals surface area (Å²) in [6.45, 7) is 5.15. The summed E-state index contributed by atoms with van der Waals surface area (Å²) in [5, 5.41) is 10.0. The minimum absolute atomic E-state index is 0.0189. The van der Waals surface area contributed by atoms with Crippen LogP contribution >= 0.6 is 11.8 Å². The summed E-state index contributed by atoms with van der Waals surface area (Å²) >= 11 is 1.95. The van der Waals surface area contributed by atoms with Crippen LogP contribution in [0.3, 0.4) is 0 Å². The third kappa shape index (κ3) is 3.76. The summed E-state index contributed by atoms with van der Waals surface area (Å²) in [4.78, 5) is 14.7. The molecule has 1 aromatic carbocycles. The van der Waals surface area contributed by atoms with Gasteiger partial charge in [0.05, 0.1) is 23.6 Å². The molecule has 23 heavy (non-hydrogen) atoms. The van der Waals surface area contributed by atoms with Crippen molar-refractivity contribution in [1.82, 2.24) is 15.1 Å². The Morgan fingerprint density at radius 2 is 2.17 bits per heavy atom. The van der Waals surface area contributed by atoms with Crippen LogP contribution < -0.4 is 5.32 Å². The minimum atomic E-state index is 0.0189. The van der Waals surface area contributed by atoms with Gasteiger partial charge in [0, 0.05) is 24.1 Å². The number of carbonyl (C=O) groups is 1. The van der Waals surface area contributed by atoms with E-state index in [1.54, 1.807) is 0 Å². The Labute approximate surface area is 140 Å². The normalized spacial score (nSPS) is 18.8. The topological polar surface area (TPSA) is 61.0 Å². The number of benzene rings is 1. The first-order valence-electron chi connectivity index (χ1n) is 7.83. The SMILES string of the molecule is Cc1n[nH]c(C)c1NC(=O)CN1CCSCC1c1ccccc1. The van der Waals surface area contributed by atoms with Gasteiger partial charge in [-0.3, -0.25) is 14.8 Å². The maximum atomic E-state index is 12.5. The van der Waals surface area contributed by atoms with Gasteiger partial charge < -0.3 is 5.32 Å². The fourth-order valence-corrected chi connectivity index (χ4v) is 4.06. The van der Waals surface area contributed by atoms with E-state index in [0.717, 1.165) is 35.1 Å². The number of hydrogen-bond donors (Lipinski definition) is 2. The second kappa shape index (κ2) is 7.19. The third-order valence-corrected chi connectivity index (χ3v) is 5.19. The number of amides is 1. The molecule has 6 heteroatoms. The smallest absolute Gasteiger partial charge is 0.238 e. The summed E-state index contributed by atoms with van der Waals surface area (Å²) in [6.07, 6.45) is 0. The molecule has 1 amide bonds. The Morgan fingerprint density at radius 3 is 2.87 bits per heavy atom. The zero-order valence-electron chi connectivity index (χ0n) is 13.5. The van der Waals surface area contributed by atoms with Crippen LogP contribution in [0.2, 0.25) is 0 Å². The van der Waals surface area contributed by atoms with E-state index in [9.17, 15) is 4.79 Å². The van der Waals surface area contributed by atoms with Crippen LogP contribution in [0.4, 0.5) is 5.69 Å². The van der Waals surface area contributed by atoms with Crippen molar-refractivity contribution in [3.63, 3.8) is 0 Å². The van der Waals surface area contributed by atoms with Crippen molar-refractivity contribution < 1.29 is 4.79 Å². The van der Waals surface area contributed by atoms with E-state index < -0.39 is 0 Å². The fourth-order valence-electron chi connectivity index (χ4n) is 2.91. The first kappa shape index (κ1) is 16.1. The summed E-state index contributed by atoms with van der Waals surface area (Å²) in [5.41, 5.74) is 3.80. The van der Waals surface area contributed by atoms with E-state index >= 15 is 0 Å². The Kier molecular flexibility index (Phi) is 5.03. The average molecular weight is 330 g/mol. The summed E-state index contributed by atoms with van der Waals surface area (Å²) in [5.74, 6) is 2.12. The predicted octanol–water partition coefficient (Wildman–Crippen LogP) is 2.76. The highest BCUT2D eigenvalue weighted by Gasteiger charge is 2.26. The van der Waals surface area contributed by atoms with Crippen molar-refractivity contribution in [2.75, 3.05) is 29.9 Å². The molecule has 2 N–H and O–H groups in total. The Morgan fingerprint density at radius 1 is 1.39 bits per heavy atom. The minimum Gasteiger partial charge on any atom is -0.322 e. The second-order valence-electron chi connectivity index (χ2n) is 5.83. The van der Waals surface area contributed by atoms with Crippen LogP contribution in [0, 0.1) is 13.8 Å². The third-order valence-electron chi connectivity index (χ3n) is 4.16. The van der Waals surface area contributed by atoms with Gasteiger partial charge in [-0.2, -0.15) is 16.9 Å². The first-order valence-corrected chi connectivity index (χ1v) is 8.99. The highest BCUT2D eigenvalue weighted by molar-refractivity contribution is 7.99. The number of thioether (sulfide) groups is 1. The number of nitrogens with zero attached hydrogens (tertiary/aromatic N) is 2. The van der Waals surface area contributed by atoms with Crippen LogP contribution in [-0.2, 0) is 4.79 Å². The molecule has 1 aromatic heterocycles. The van der Waals surface area contributed by atoms with Crippen LogP contribution in [0.25, 0.3) is 0 Å². The van der Waals surface area contributed by atoms with Gasteiger partial charge in [0.1, 0.15) is 0 Å². The molecule has 2 heterocycles. The lowest BCUT2D eigenvalue weighted by atomic mass is 10.1. The molecular weight excluding hydrogens is 308 g/mol. The monoisotopic (exact) mass is 330 g/mol. The molecule has 0 bridgehead atoms. The maximum absolute atomic E-state index is 12.5. The van der Waals surface area contributed by atoms with E-state index in [0.29, 0.717) is 12.6 Å². The Bertz CT molecular complexity index is 651. The van der Waals surface area contributed by atoms with Crippen LogP contribution in [0.15, 0.2) is 30.3 Å². The Hall–Kier alpha value is -1.79. The highest BCUT2D eigenvalue weighted by Crippen LogP contribution is 2.29. The number of aromatic nitrogens is 2. The van der Waals surface area contributed by atoms with Gasteiger partial charge in [-0.25, -0.2) is 0 Å². The summed E-state index contributed by atoms with van der Waals surface area (Å²) < 4.78 is 0. The molecule has 1 aliphatic heterocycles. The van der Waals surface area contributed by atoms with Gasteiger partial charge in [0.25, 0.3) is 0 Å².